The highest BCUT2D eigenvalue weighted by Gasteiger charge is 2.22. The molecule has 0 aromatic heterocycles. The van der Waals surface area contributed by atoms with Crippen molar-refractivity contribution in [3.63, 3.8) is 0 Å². The molecule has 1 aliphatic carbocycles. The molecule has 1 unspecified atom stereocenters. The monoisotopic (exact) mass is 185 g/mol. The molecular weight excluding hydrogens is 162 g/mol. The second-order valence-electron chi connectivity index (χ2n) is 4.63. The molecule has 0 amide bonds. The zero-order valence-electron chi connectivity index (χ0n) is 9.18. The normalized spacial score (nSPS) is 19.4. The maximum atomic E-state index is 5.22. The molecule has 0 radical (unpaired) electrons. The van der Waals surface area contributed by atoms with E-state index in [0.29, 0.717) is 5.92 Å². The first-order valence-corrected chi connectivity index (χ1v) is 5.44. The van der Waals surface area contributed by atoms with Gasteiger partial charge in [0.25, 0.3) is 0 Å². The van der Waals surface area contributed by atoms with E-state index in [-0.39, 0.29) is 0 Å². The molecule has 2 heteroatoms. The fraction of sp³-hybridized carbons (Fsp3) is 1.00. The lowest BCUT2D eigenvalue weighted by atomic mass is 9.98. The van der Waals surface area contributed by atoms with E-state index in [2.05, 4.69) is 19.2 Å². The smallest absolute Gasteiger partial charge is 0.0502 e. The average Bonchev–Trinajstić information content (AvgIpc) is 2.82. The van der Waals surface area contributed by atoms with E-state index in [1.807, 2.05) is 0 Å². The number of hydrogen-bond acceptors (Lipinski definition) is 2. The molecule has 1 saturated carbocycles. The van der Waals surface area contributed by atoms with E-state index in [9.17, 15) is 0 Å². The fourth-order valence-electron chi connectivity index (χ4n) is 1.73. The van der Waals surface area contributed by atoms with Gasteiger partial charge in [0.1, 0.15) is 0 Å². The first-order valence-electron chi connectivity index (χ1n) is 5.44. The van der Waals surface area contributed by atoms with Crippen LogP contribution in [-0.2, 0) is 4.74 Å². The zero-order valence-corrected chi connectivity index (χ0v) is 9.18. The summed E-state index contributed by atoms with van der Waals surface area (Å²) in [7, 11) is 1.80. The van der Waals surface area contributed by atoms with Crippen LogP contribution in [0.3, 0.4) is 0 Å². The molecule has 1 atom stereocenters. The first-order chi connectivity index (χ1) is 6.22. The third kappa shape index (κ3) is 5.27. The molecule has 0 aromatic rings. The molecule has 78 valence electrons. The van der Waals surface area contributed by atoms with Crippen LogP contribution >= 0.6 is 0 Å². The van der Waals surface area contributed by atoms with E-state index in [4.69, 9.17) is 4.74 Å². The summed E-state index contributed by atoms with van der Waals surface area (Å²) in [6.45, 7) is 6.59. The molecule has 0 heterocycles. The van der Waals surface area contributed by atoms with Gasteiger partial charge >= 0.3 is 0 Å². The average molecular weight is 185 g/mol. The number of hydrogen-bond donors (Lipinski definition) is 1. The van der Waals surface area contributed by atoms with E-state index < -0.39 is 0 Å². The SMILES string of the molecule is COCC(CNC1CC1)CC(C)C. The standard InChI is InChI=1S/C11H23NO/c1-9(2)6-10(8-13-3)7-12-11-4-5-11/h9-12H,4-8H2,1-3H3. The summed E-state index contributed by atoms with van der Waals surface area (Å²) in [4.78, 5) is 0. The maximum Gasteiger partial charge on any atom is 0.0502 e. The van der Waals surface area contributed by atoms with Gasteiger partial charge in [-0.2, -0.15) is 0 Å². The van der Waals surface area contributed by atoms with Gasteiger partial charge in [0, 0.05) is 19.7 Å². The Morgan fingerprint density at radius 2 is 2.08 bits per heavy atom. The Kier molecular flexibility index (Phi) is 4.74. The maximum absolute atomic E-state index is 5.22. The highest BCUT2D eigenvalue weighted by Crippen LogP contribution is 2.20. The molecule has 1 N–H and O–H groups in total. The topological polar surface area (TPSA) is 21.3 Å². The third-order valence-electron chi connectivity index (χ3n) is 2.48. The van der Waals surface area contributed by atoms with E-state index >= 15 is 0 Å². The van der Waals surface area contributed by atoms with Crippen LogP contribution in [0.5, 0.6) is 0 Å². The number of methoxy groups -OCH3 is 1. The quantitative estimate of drug-likeness (QED) is 0.655. The molecule has 0 aliphatic heterocycles. The molecule has 0 bridgehead atoms. The molecule has 0 aromatic carbocycles. The minimum atomic E-state index is 0.700. The van der Waals surface area contributed by atoms with Crippen LogP contribution in [0.2, 0.25) is 0 Å². The van der Waals surface area contributed by atoms with Crippen molar-refractivity contribution in [1.29, 1.82) is 0 Å². The van der Waals surface area contributed by atoms with Gasteiger partial charge in [0.05, 0.1) is 6.61 Å². The summed E-state index contributed by atoms with van der Waals surface area (Å²) in [5.41, 5.74) is 0. The fourth-order valence-corrected chi connectivity index (χ4v) is 1.73. The summed E-state index contributed by atoms with van der Waals surface area (Å²) in [5.74, 6) is 1.48. The molecular formula is C11H23NO. The summed E-state index contributed by atoms with van der Waals surface area (Å²) < 4.78 is 5.22. The van der Waals surface area contributed by atoms with Crippen molar-refractivity contribution >= 4 is 0 Å². The summed E-state index contributed by atoms with van der Waals surface area (Å²) >= 11 is 0. The lowest BCUT2D eigenvalue weighted by Gasteiger charge is -2.18. The lowest BCUT2D eigenvalue weighted by Crippen LogP contribution is -2.28. The molecule has 0 spiro atoms. The van der Waals surface area contributed by atoms with Crippen LogP contribution in [0.25, 0.3) is 0 Å². The third-order valence-corrected chi connectivity index (χ3v) is 2.48. The Morgan fingerprint density at radius 1 is 1.38 bits per heavy atom. The summed E-state index contributed by atoms with van der Waals surface area (Å²) in [5, 5.41) is 3.57. The van der Waals surface area contributed by atoms with Crippen LogP contribution in [0, 0.1) is 11.8 Å². The Balaban J connectivity index is 2.11. The van der Waals surface area contributed by atoms with Crippen molar-refractivity contribution < 1.29 is 4.74 Å². The predicted molar refractivity (Wildman–Crippen MR) is 55.8 cm³/mol. The minimum Gasteiger partial charge on any atom is -0.384 e. The number of rotatable bonds is 7. The Bertz CT molecular complexity index is 132. The molecule has 0 saturated heterocycles. The lowest BCUT2D eigenvalue weighted by molar-refractivity contribution is 0.139. The second kappa shape index (κ2) is 5.61. The molecule has 1 aliphatic rings. The predicted octanol–water partition coefficient (Wildman–Crippen LogP) is 2.05. The van der Waals surface area contributed by atoms with Gasteiger partial charge in [-0.05, 0) is 31.1 Å². The first kappa shape index (κ1) is 11.0. The zero-order chi connectivity index (χ0) is 9.68. The summed E-state index contributed by atoms with van der Waals surface area (Å²) in [6, 6.07) is 0.825. The Hall–Kier alpha value is -0.0800. The van der Waals surface area contributed by atoms with Crippen LogP contribution in [0.15, 0.2) is 0 Å². The van der Waals surface area contributed by atoms with Crippen LogP contribution < -0.4 is 5.32 Å². The number of ether oxygens (including phenoxy) is 1. The van der Waals surface area contributed by atoms with Crippen molar-refractivity contribution in [2.75, 3.05) is 20.3 Å². The van der Waals surface area contributed by atoms with Gasteiger partial charge < -0.3 is 10.1 Å². The van der Waals surface area contributed by atoms with Gasteiger partial charge in [-0.3, -0.25) is 0 Å². The van der Waals surface area contributed by atoms with E-state index in [1.54, 1.807) is 7.11 Å². The van der Waals surface area contributed by atoms with Gasteiger partial charge in [0.15, 0.2) is 0 Å². The van der Waals surface area contributed by atoms with Crippen LogP contribution in [0.4, 0.5) is 0 Å². The summed E-state index contributed by atoms with van der Waals surface area (Å²) in [6.07, 6.45) is 4.02. The Morgan fingerprint density at radius 3 is 2.54 bits per heavy atom. The van der Waals surface area contributed by atoms with Crippen molar-refractivity contribution in [3.8, 4) is 0 Å². The van der Waals surface area contributed by atoms with E-state index in [0.717, 1.165) is 25.1 Å². The van der Waals surface area contributed by atoms with Crippen molar-refractivity contribution in [2.45, 2.75) is 39.2 Å². The van der Waals surface area contributed by atoms with Crippen molar-refractivity contribution in [3.05, 3.63) is 0 Å². The number of nitrogens with one attached hydrogen (secondary N) is 1. The van der Waals surface area contributed by atoms with Gasteiger partial charge in [-0.1, -0.05) is 13.8 Å². The molecule has 2 nitrogen and oxygen atoms in total. The Labute approximate surface area is 82.0 Å². The van der Waals surface area contributed by atoms with Gasteiger partial charge in [-0.15, -0.1) is 0 Å². The van der Waals surface area contributed by atoms with Gasteiger partial charge in [-0.25, -0.2) is 0 Å². The second-order valence-corrected chi connectivity index (χ2v) is 4.63. The highest BCUT2D eigenvalue weighted by molar-refractivity contribution is 4.81. The van der Waals surface area contributed by atoms with E-state index in [1.165, 1.54) is 19.3 Å². The largest absolute Gasteiger partial charge is 0.384 e. The molecule has 1 fully saturated rings. The van der Waals surface area contributed by atoms with Crippen molar-refractivity contribution in [1.82, 2.24) is 5.32 Å². The van der Waals surface area contributed by atoms with Crippen LogP contribution in [0.1, 0.15) is 33.1 Å². The molecule has 1 rings (SSSR count). The van der Waals surface area contributed by atoms with Crippen LogP contribution in [-0.4, -0.2) is 26.3 Å². The van der Waals surface area contributed by atoms with Crippen molar-refractivity contribution in [2.24, 2.45) is 11.8 Å². The van der Waals surface area contributed by atoms with Gasteiger partial charge in [0.2, 0.25) is 0 Å². The highest BCUT2D eigenvalue weighted by atomic mass is 16.5. The molecule has 13 heavy (non-hydrogen) atoms. The minimum absolute atomic E-state index is 0.700.